The van der Waals surface area contributed by atoms with Crippen LogP contribution in [0.15, 0.2) is 30.5 Å². The number of fused-ring (bicyclic) bond motifs is 1. The van der Waals surface area contributed by atoms with Gasteiger partial charge in [-0.3, -0.25) is 4.98 Å². The lowest BCUT2D eigenvalue weighted by molar-refractivity contribution is 0.322. The number of benzene rings is 1. The van der Waals surface area contributed by atoms with Crippen LogP contribution in [0.1, 0.15) is 32.6 Å². The zero-order valence-corrected chi connectivity index (χ0v) is 12.3. The van der Waals surface area contributed by atoms with Crippen molar-refractivity contribution in [1.29, 1.82) is 0 Å². The van der Waals surface area contributed by atoms with E-state index in [4.69, 9.17) is 5.73 Å². The standard InChI is InChI=1S/C17H23N3/c1-12-6-3-4-8-15(12)20(2)16-10-9-14(18)17-13(16)7-5-11-19-17/h5,7,9-12,15H,3-4,6,8,18H2,1-2H3. The Hall–Kier alpha value is -1.77. The molecule has 106 valence electrons. The summed E-state index contributed by atoms with van der Waals surface area (Å²) in [5, 5.41) is 1.16. The molecule has 0 aliphatic heterocycles. The molecule has 3 nitrogen and oxygen atoms in total. The minimum Gasteiger partial charge on any atom is -0.397 e. The van der Waals surface area contributed by atoms with Crippen molar-refractivity contribution < 1.29 is 0 Å². The van der Waals surface area contributed by atoms with Gasteiger partial charge in [-0.2, -0.15) is 0 Å². The summed E-state index contributed by atoms with van der Waals surface area (Å²) in [5.41, 5.74) is 8.98. The van der Waals surface area contributed by atoms with Gasteiger partial charge in [0.2, 0.25) is 0 Å². The Morgan fingerprint density at radius 1 is 1.20 bits per heavy atom. The van der Waals surface area contributed by atoms with Gasteiger partial charge in [-0.15, -0.1) is 0 Å². The molecule has 1 aromatic carbocycles. The molecule has 0 amide bonds. The van der Waals surface area contributed by atoms with Gasteiger partial charge in [-0.05, 0) is 43.0 Å². The molecular formula is C17H23N3. The lowest BCUT2D eigenvalue weighted by Gasteiger charge is -2.38. The van der Waals surface area contributed by atoms with Gasteiger partial charge in [-0.1, -0.05) is 19.8 Å². The second kappa shape index (κ2) is 5.31. The topological polar surface area (TPSA) is 42.1 Å². The second-order valence-corrected chi connectivity index (χ2v) is 6.01. The highest BCUT2D eigenvalue weighted by atomic mass is 15.1. The molecule has 1 fully saturated rings. The van der Waals surface area contributed by atoms with E-state index in [1.807, 2.05) is 18.3 Å². The zero-order valence-electron chi connectivity index (χ0n) is 12.3. The molecule has 3 rings (SSSR count). The molecule has 0 bridgehead atoms. The van der Waals surface area contributed by atoms with Crippen LogP contribution in [0.4, 0.5) is 11.4 Å². The summed E-state index contributed by atoms with van der Waals surface area (Å²) < 4.78 is 0. The molecule has 2 atom stereocenters. The maximum atomic E-state index is 6.05. The Morgan fingerprint density at radius 3 is 2.80 bits per heavy atom. The molecule has 0 radical (unpaired) electrons. The van der Waals surface area contributed by atoms with Crippen molar-refractivity contribution in [1.82, 2.24) is 4.98 Å². The van der Waals surface area contributed by atoms with E-state index >= 15 is 0 Å². The number of pyridine rings is 1. The number of hydrogen-bond donors (Lipinski definition) is 1. The maximum Gasteiger partial charge on any atom is 0.0951 e. The molecule has 2 aromatic rings. The first-order valence-electron chi connectivity index (χ1n) is 7.54. The highest BCUT2D eigenvalue weighted by Gasteiger charge is 2.26. The van der Waals surface area contributed by atoms with Crippen LogP contribution in [-0.4, -0.2) is 18.1 Å². The van der Waals surface area contributed by atoms with E-state index in [2.05, 4.69) is 36.0 Å². The monoisotopic (exact) mass is 269 g/mol. The molecule has 0 spiro atoms. The fourth-order valence-electron chi connectivity index (χ4n) is 3.54. The van der Waals surface area contributed by atoms with Crippen LogP contribution in [0.5, 0.6) is 0 Å². The van der Waals surface area contributed by atoms with E-state index in [9.17, 15) is 0 Å². The fourth-order valence-corrected chi connectivity index (χ4v) is 3.54. The predicted molar refractivity (Wildman–Crippen MR) is 86.0 cm³/mol. The van der Waals surface area contributed by atoms with E-state index in [0.717, 1.165) is 22.5 Å². The van der Waals surface area contributed by atoms with Crippen molar-refractivity contribution in [3.05, 3.63) is 30.5 Å². The van der Waals surface area contributed by atoms with Gasteiger partial charge in [0, 0.05) is 30.4 Å². The number of rotatable bonds is 2. The zero-order chi connectivity index (χ0) is 14.1. The third-order valence-electron chi connectivity index (χ3n) is 4.72. The van der Waals surface area contributed by atoms with Crippen molar-refractivity contribution >= 4 is 22.3 Å². The summed E-state index contributed by atoms with van der Waals surface area (Å²) >= 11 is 0. The van der Waals surface area contributed by atoms with Crippen molar-refractivity contribution in [2.45, 2.75) is 38.6 Å². The quantitative estimate of drug-likeness (QED) is 0.842. The molecule has 20 heavy (non-hydrogen) atoms. The normalized spacial score (nSPS) is 22.9. The van der Waals surface area contributed by atoms with E-state index in [0.29, 0.717) is 6.04 Å². The summed E-state index contributed by atoms with van der Waals surface area (Å²) in [7, 11) is 2.21. The van der Waals surface area contributed by atoms with Gasteiger partial charge in [-0.25, -0.2) is 0 Å². The molecule has 2 N–H and O–H groups in total. The fraction of sp³-hybridized carbons (Fsp3) is 0.471. The van der Waals surface area contributed by atoms with Gasteiger partial charge in [0.05, 0.1) is 11.2 Å². The van der Waals surface area contributed by atoms with Gasteiger partial charge >= 0.3 is 0 Å². The highest BCUT2D eigenvalue weighted by Crippen LogP contribution is 2.35. The SMILES string of the molecule is CC1CCCCC1N(C)c1ccc(N)c2ncccc12. The Kier molecular flexibility index (Phi) is 3.51. The first kappa shape index (κ1) is 13.2. The van der Waals surface area contributed by atoms with Crippen LogP contribution in [0.25, 0.3) is 10.9 Å². The molecule has 1 aliphatic rings. The molecule has 1 heterocycles. The van der Waals surface area contributed by atoms with Crippen molar-refractivity contribution in [3.63, 3.8) is 0 Å². The largest absolute Gasteiger partial charge is 0.397 e. The van der Waals surface area contributed by atoms with E-state index in [1.54, 1.807) is 0 Å². The lowest BCUT2D eigenvalue weighted by Crippen LogP contribution is -2.39. The van der Waals surface area contributed by atoms with Gasteiger partial charge in [0.1, 0.15) is 0 Å². The van der Waals surface area contributed by atoms with Crippen LogP contribution < -0.4 is 10.6 Å². The minimum absolute atomic E-state index is 0.621. The molecule has 1 saturated carbocycles. The number of aromatic nitrogens is 1. The predicted octanol–water partition coefficient (Wildman–Crippen LogP) is 3.83. The van der Waals surface area contributed by atoms with Gasteiger partial charge in [0.15, 0.2) is 0 Å². The van der Waals surface area contributed by atoms with Crippen LogP contribution >= 0.6 is 0 Å². The van der Waals surface area contributed by atoms with Crippen LogP contribution in [0, 0.1) is 5.92 Å². The Balaban J connectivity index is 2.03. The number of nitrogens with two attached hydrogens (primary N) is 1. The summed E-state index contributed by atoms with van der Waals surface area (Å²) in [6, 6.07) is 8.85. The van der Waals surface area contributed by atoms with Crippen LogP contribution in [-0.2, 0) is 0 Å². The van der Waals surface area contributed by atoms with Crippen LogP contribution in [0.2, 0.25) is 0 Å². The Morgan fingerprint density at radius 2 is 2.00 bits per heavy atom. The van der Waals surface area contributed by atoms with Gasteiger partial charge < -0.3 is 10.6 Å². The van der Waals surface area contributed by atoms with E-state index < -0.39 is 0 Å². The smallest absolute Gasteiger partial charge is 0.0951 e. The summed E-state index contributed by atoms with van der Waals surface area (Å²) in [4.78, 5) is 6.87. The van der Waals surface area contributed by atoms with Gasteiger partial charge in [0.25, 0.3) is 0 Å². The molecule has 1 aliphatic carbocycles. The maximum absolute atomic E-state index is 6.05. The first-order valence-corrected chi connectivity index (χ1v) is 7.54. The molecule has 3 heteroatoms. The van der Waals surface area contributed by atoms with Crippen molar-refractivity contribution in [2.75, 3.05) is 17.7 Å². The summed E-state index contributed by atoms with van der Waals surface area (Å²) in [6.45, 7) is 2.37. The number of nitrogen functional groups attached to an aromatic ring is 1. The Bertz CT molecular complexity index is 608. The summed E-state index contributed by atoms with van der Waals surface area (Å²) in [6.07, 6.45) is 7.13. The average molecular weight is 269 g/mol. The summed E-state index contributed by atoms with van der Waals surface area (Å²) in [5.74, 6) is 0.748. The minimum atomic E-state index is 0.621. The van der Waals surface area contributed by atoms with E-state index in [-0.39, 0.29) is 0 Å². The van der Waals surface area contributed by atoms with Crippen LogP contribution in [0.3, 0.4) is 0 Å². The molecule has 1 aromatic heterocycles. The molecule has 2 unspecified atom stereocenters. The second-order valence-electron chi connectivity index (χ2n) is 6.01. The molecular weight excluding hydrogens is 246 g/mol. The first-order chi connectivity index (χ1) is 9.68. The number of anilines is 2. The third-order valence-corrected chi connectivity index (χ3v) is 4.72. The van der Waals surface area contributed by atoms with E-state index in [1.165, 1.54) is 31.4 Å². The average Bonchev–Trinajstić information content (AvgIpc) is 2.48. The molecule has 0 saturated heterocycles. The van der Waals surface area contributed by atoms with Crippen molar-refractivity contribution in [3.8, 4) is 0 Å². The highest BCUT2D eigenvalue weighted by molar-refractivity contribution is 5.98. The van der Waals surface area contributed by atoms with Crippen molar-refractivity contribution in [2.24, 2.45) is 5.92 Å². The lowest BCUT2D eigenvalue weighted by atomic mass is 9.84. The Labute approximate surface area is 120 Å². The number of hydrogen-bond acceptors (Lipinski definition) is 3. The third kappa shape index (κ3) is 2.21. The number of nitrogens with zero attached hydrogens (tertiary/aromatic N) is 2.